The summed E-state index contributed by atoms with van der Waals surface area (Å²) in [6.07, 6.45) is 28.7. The van der Waals surface area contributed by atoms with E-state index in [0.29, 0.717) is 22.7 Å². The Bertz CT molecular complexity index is 1020. The maximum absolute atomic E-state index is 11.7. The number of nitrogens with one attached hydrogen (secondary N) is 1. The number of carbonyl (C=O) groups is 1. The second-order valence-electron chi connectivity index (χ2n) is 16.5. The SMILES string of the molecule is CC/C=C(\CCC(=O)OPN)NCCCC1CC12CCC1(C)C(=CCC3C1CC[C@@]1(C)C3CC[C@@H]1CCCCC(C)C)C2. The fourth-order valence-electron chi connectivity index (χ4n) is 11.1. The Morgan fingerprint density at radius 1 is 1.07 bits per heavy atom. The van der Waals surface area contributed by atoms with Gasteiger partial charge in [-0.05, 0) is 142 Å². The van der Waals surface area contributed by atoms with Crippen LogP contribution in [-0.2, 0) is 9.32 Å². The van der Waals surface area contributed by atoms with Crippen LogP contribution in [0.2, 0.25) is 0 Å². The van der Waals surface area contributed by atoms with Crippen molar-refractivity contribution in [1.82, 2.24) is 5.32 Å². The van der Waals surface area contributed by atoms with Gasteiger partial charge < -0.3 is 9.84 Å². The van der Waals surface area contributed by atoms with E-state index in [1.807, 2.05) is 5.57 Å². The largest absolute Gasteiger partial charge is 0.432 e. The minimum atomic E-state index is -0.253. The molecule has 0 saturated heterocycles. The molecule has 0 aromatic heterocycles. The Kier molecular flexibility index (Phi) is 11.1. The first kappa shape index (κ1) is 33.5. The summed E-state index contributed by atoms with van der Waals surface area (Å²) in [6.45, 7) is 13.4. The summed E-state index contributed by atoms with van der Waals surface area (Å²) in [5, 5.41) is 3.63. The number of allylic oxidation sites excluding steroid dienone is 4. The molecule has 0 heterocycles. The highest BCUT2D eigenvalue weighted by atomic mass is 31.1. The van der Waals surface area contributed by atoms with E-state index >= 15 is 0 Å². The number of hydrogen-bond donors (Lipinski definition) is 2. The van der Waals surface area contributed by atoms with Gasteiger partial charge in [0.25, 0.3) is 0 Å². The van der Waals surface area contributed by atoms with Crippen LogP contribution in [0.25, 0.3) is 0 Å². The molecule has 4 saturated carbocycles. The van der Waals surface area contributed by atoms with Crippen molar-refractivity contribution in [2.24, 2.45) is 57.3 Å². The molecular weight excluding hydrogens is 547 g/mol. The van der Waals surface area contributed by atoms with Crippen molar-refractivity contribution in [3.8, 4) is 0 Å². The van der Waals surface area contributed by atoms with Gasteiger partial charge in [-0.25, -0.2) is 0 Å². The molecule has 3 N–H and O–H groups in total. The van der Waals surface area contributed by atoms with E-state index in [2.05, 4.69) is 52.1 Å². The van der Waals surface area contributed by atoms with E-state index < -0.39 is 0 Å². The zero-order valence-electron chi connectivity index (χ0n) is 28.4. The van der Waals surface area contributed by atoms with Crippen LogP contribution in [0.5, 0.6) is 0 Å². The van der Waals surface area contributed by atoms with Gasteiger partial charge in [0.05, 0.1) is 6.42 Å². The monoisotopic (exact) mass is 612 g/mol. The molecule has 0 amide bonds. The second kappa shape index (κ2) is 14.3. The molecule has 1 spiro atoms. The van der Waals surface area contributed by atoms with Gasteiger partial charge in [-0.3, -0.25) is 10.3 Å². The van der Waals surface area contributed by atoms with Crippen molar-refractivity contribution in [3.63, 3.8) is 0 Å². The number of unbranched alkanes of at least 4 members (excludes halogenated alkanes) is 1. The summed E-state index contributed by atoms with van der Waals surface area (Å²) < 4.78 is 4.93. The van der Waals surface area contributed by atoms with Gasteiger partial charge in [0.15, 0.2) is 0 Å². The third-order valence-electron chi connectivity index (χ3n) is 13.8. The molecule has 0 radical (unpaired) electrons. The van der Waals surface area contributed by atoms with Gasteiger partial charge in [0, 0.05) is 12.2 Å². The van der Waals surface area contributed by atoms with E-state index in [-0.39, 0.29) is 14.9 Å². The summed E-state index contributed by atoms with van der Waals surface area (Å²) in [7, 11) is -0.253. The second-order valence-corrected chi connectivity index (χ2v) is 16.9. The van der Waals surface area contributed by atoms with Gasteiger partial charge in [0.2, 0.25) is 0 Å². The highest BCUT2D eigenvalue weighted by Crippen LogP contribution is 2.72. The highest BCUT2D eigenvalue weighted by molar-refractivity contribution is 7.29. The molecule has 43 heavy (non-hydrogen) atoms. The van der Waals surface area contributed by atoms with Crippen LogP contribution < -0.4 is 10.8 Å². The number of rotatable bonds is 15. The number of carbonyl (C=O) groups excluding carboxylic acids is 1. The maximum atomic E-state index is 11.7. The van der Waals surface area contributed by atoms with E-state index in [0.717, 1.165) is 54.9 Å². The molecule has 0 aliphatic heterocycles. The van der Waals surface area contributed by atoms with Crippen LogP contribution in [0.4, 0.5) is 0 Å². The zero-order valence-corrected chi connectivity index (χ0v) is 29.4. The maximum Gasteiger partial charge on any atom is 0.309 e. The van der Waals surface area contributed by atoms with Crippen molar-refractivity contribution < 1.29 is 9.32 Å². The first-order chi connectivity index (χ1) is 20.6. The van der Waals surface area contributed by atoms with E-state index in [9.17, 15) is 4.79 Å². The molecule has 4 fully saturated rings. The summed E-state index contributed by atoms with van der Waals surface area (Å²) in [6, 6.07) is 0. The van der Waals surface area contributed by atoms with Gasteiger partial charge in [-0.1, -0.05) is 71.6 Å². The van der Waals surface area contributed by atoms with Crippen LogP contribution in [-0.4, -0.2) is 12.5 Å². The molecule has 0 aromatic carbocycles. The highest BCUT2D eigenvalue weighted by Gasteiger charge is 2.62. The minimum absolute atomic E-state index is 0.195. The van der Waals surface area contributed by atoms with Crippen molar-refractivity contribution >= 4 is 14.9 Å². The number of fused-ring (bicyclic) bond motifs is 5. The van der Waals surface area contributed by atoms with Crippen LogP contribution in [0.3, 0.4) is 0 Å². The zero-order chi connectivity index (χ0) is 30.7. The van der Waals surface area contributed by atoms with Crippen LogP contribution in [0.15, 0.2) is 23.4 Å². The summed E-state index contributed by atoms with van der Waals surface area (Å²) >= 11 is 0. The summed E-state index contributed by atoms with van der Waals surface area (Å²) in [5.41, 5.74) is 10.1. The fourth-order valence-corrected chi connectivity index (χ4v) is 11.3. The fraction of sp³-hybridized carbons (Fsp3) is 0.868. The Morgan fingerprint density at radius 2 is 1.88 bits per heavy atom. The quantitative estimate of drug-likeness (QED) is 0.110. The van der Waals surface area contributed by atoms with E-state index in [1.54, 1.807) is 0 Å². The molecule has 244 valence electrons. The molecule has 0 aromatic rings. The predicted octanol–water partition coefficient (Wildman–Crippen LogP) is 10.2. The first-order valence-corrected chi connectivity index (χ1v) is 19.4. The van der Waals surface area contributed by atoms with Crippen molar-refractivity contribution in [2.45, 2.75) is 150 Å². The standard InChI is InChI=1S/C38H65N2O2P/c1-6-10-31(16-19-35(41)42-43-39)40-24-9-13-30-26-38(30)23-22-37(5)29(25-38)14-17-32-33-18-15-28(12-8-7-11-27(2)3)36(33,4)21-20-34(32)37/h10,14,27-28,30,32-34,40,43H,6-9,11-13,15-26,39H2,1-5H3/b31-10+/t28-,30?,32?,33?,34?,36+,37?,38?/m0/s1. The van der Waals surface area contributed by atoms with Gasteiger partial charge in [-0.2, -0.15) is 0 Å². The Hall–Kier alpha value is -0.860. The predicted molar refractivity (Wildman–Crippen MR) is 182 cm³/mol. The third kappa shape index (κ3) is 7.26. The van der Waals surface area contributed by atoms with Gasteiger partial charge >= 0.3 is 5.97 Å². The third-order valence-corrected chi connectivity index (χ3v) is 14.1. The number of nitrogens with two attached hydrogens (primary N) is 1. The van der Waals surface area contributed by atoms with Gasteiger partial charge in [0.1, 0.15) is 8.96 Å². The lowest BCUT2D eigenvalue weighted by atomic mass is 9.46. The average Bonchev–Trinajstić information content (AvgIpc) is 3.53. The first-order valence-electron chi connectivity index (χ1n) is 18.4. The Morgan fingerprint density at radius 3 is 2.65 bits per heavy atom. The minimum Gasteiger partial charge on any atom is -0.432 e. The normalized spacial score (nSPS) is 38.6. The lowest BCUT2D eigenvalue weighted by molar-refractivity contribution is -0.133. The van der Waals surface area contributed by atoms with Crippen molar-refractivity contribution in [2.75, 3.05) is 6.54 Å². The molecular formula is C38H65N2O2P. The van der Waals surface area contributed by atoms with Crippen molar-refractivity contribution in [1.29, 1.82) is 0 Å². The van der Waals surface area contributed by atoms with Crippen LogP contribution in [0, 0.1) is 51.8 Å². The van der Waals surface area contributed by atoms with Crippen LogP contribution in [0.1, 0.15) is 150 Å². The Balaban J connectivity index is 1.10. The molecule has 7 unspecified atom stereocenters. The van der Waals surface area contributed by atoms with Gasteiger partial charge in [-0.15, -0.1) is 0 Å². The molecule has 9 atom stereocenters. The smallest absolute Gasteiger partial charge is 0.309 e. The lowest BCUT2D eigenvalue weighted by Crippen LogP contribution is -2.50. The molecule has 5 aliphatic rings. The number of hydrogen-bond acceptors (Lipinski definition) is 4. The van der Waals surface area contributed by atoms with E-state index in [4.69, 9.17) is 10.0 Å². The van der Waals surface area contributed by atoms with Crippen molar-refractivity contribution in [3.05, 3.63) is 23.4 Å². The molecule has 4 nitrogen and oxygen atoms in total. The Labute approximate surface area is 266 Å². The topological polar surface area (TPSA) is 64.3 Å². The molecule has 0 bridgehead atoms. The molecule has 5 aliphatic carbocycles. The van der Waals surface area contributed by atoms with E-state index in [1.165, 1.54) is 102 Å². The average molecular weight is 613 g/mol. The molecule has 5 rings (SSSR count). The summed E-state index contributed by atoms with van der Waals surface area (Å²) in [5.74, 6) is 5.43. The summed E-state index contributed by atoms with van der Waals surface area (Å²) in [4.78, 5) is 11.7. The lowest BCUT2D eigenvalue weighted by Gasteiger charge is -2.58. The molecule has 5 heteroatoms. The van der Waals surface area contributed by atoms with Crippen LogP contribution >= 0.6 is 8.96 Å².